The highest BCUT2D eigenvalue weighted by atomic mass is 35.5. The molecule has 0 aliphatic carbocycles. The monoisotopic (exact) mass is 419 g/mol. The lowest BCUT2D eigenvalue weighted by molar-refractivity contribution is -0.120. The van der Waals surface area contributed by atoms with E-state index in [1.165, 1.54) is 11.3 Å². The number of benzene rings is 1. The van der Waals surface area contributed by atoms with Crippen LogP contribution in [0.25, 0.3) is 0 Å². The van der Waals surface area contributed by atoms with E-state index in [9.17, 15) is 9.59 Å². The van der Waals surface area contributed by atoms with Crippen molar-refractivity contribution in [2.45, 2.75) is 32.6 Å². The molecule has 0 radical (unpaired) electrons. The van der Waals surface area contributed by atoms with Gasteiger partial charge in [0.25, 0.3) is 0 Å². The van der Waals surface area contributed by atoms with Crippen LogP contribution in [-0.2, 0) is 9.59 Å². The Hall–Kier alpha value is -2.19. The second-order valence-electron chi connectivity index (χ2n) is 7.23. The maximum absolute atomic E-state index is 12.6. The molecule has 28 heavy (non-hydrogen) atoms. The average Bonchev–Trinajstić information content (AvgIpc) is 3.33. The molecule has 1 aromatic carbocycles. The van der Waals surface area contributed by atoms with Crippen molar-refractivity contribution in [2.24, 2.45) is 5.92 Å². The van der Waals surface area contributed by atoms with Crippen LogP contribution in [0, 0.1) is 12.8 Å². The third kappa shape index (κ3) is 3.98. The highest BCUT2D eigenvalue weighted by molar-refractivity contribution is 7.19. The fourth-order valence-electron chi connectivity index (χ4n) is 3.59. The maximum Gasteiger partial charge on any atom is 0.228 e. The molecule has 2 aliphatic rings. The molecule has 2 saturated heterocycles. The molecule has 9 heteroatoms. The number of hydrogen-bond acceptors (Lipinski definition) is 6. The van der Waals surface area contributed by atoms with E-state index >= 15 is 0 Å². The Morgan fingerprint density at radius 3 is 2.68 bits per heavy atom. The van der Waals surface area contributed by atoms with Crippen LogP contribution in [0.4, 0.5) is 16.0 Å². The summed E-state index contributed by atoms with van der Waals surface area (Å²) in [4.78, 5) is 28.4. The van der Waals surface area contributed by atoms with Gasteiger partial charge in [0.2, 0.25) is 22.1 Å². The van der Waals surface area contributed by atoms with E-state index in [2.05, 4.69) is 20.4 Å². The fraction of sp³-hybridized carbons (Fsp3) is 0.474. The molecule has 4 rings (SSSR count). The van der Waals surface area contributed by atoms with Gasteiger partial charge in [-0.2, -0.15) is 0 Å². The summed E-state index contributed by atoms with van der Waals surface area (Å²) >= 11 is 7.49. The van der Waals surface area contributed by atoms with Crippen LogP contribution in [0.1, 0.15) is 31.2 Å². The molecular formula is C19H22ClN5O2S. The molecule has 2 fully saturated rings. The van der Waals surface area contributed by atoms with Gasteiger partial charge in [-0.1, -0.05) is 29.0 Å². The van der Waals surface area contributed by atoms with E-state index < -0.39 is 0 Å². The third-order valence-corrected chi connectivity index (χ3v) is 6.54. The lowest BCUT2D eigenvalue weighted by Gasteiger charge is -2.30. The average molecular weight is 420 g/mol. The molecular weight excluding hydrogens is 398 g/mol. The van der Waals surface area contributed by atoms with Gasteiger partial charge in [-0.15, -0.1) is 10.2 Å². The summed E-state index contributed by atoms with van der Waals surface area (Å²) in [5, 5.41) is 13.6. The van der Waals surface area contributed by atoms with E-state index in [-0.39, 0.29) is 17.7 Å². The quantitative estimate of drug-likeness (QED) is 0.820. The van der Waals surface area contributed by atoms with Crippen LogP contribution in [0.5, 0.6) is 0 Å². The molecule has 1 N–H and O–H groups in total. The molecule has 0 bridgehead atoms. The molecule has 2 aliphatic heterocycles. The number of carbonyl (C=O) groups excluding carboxylic acids is 2. The SMILES string of the molecule is Cc1ccc(Cl)cc1NC(=O)C1CCN(c2nnc(N3CCCC3=O)s2)CC1. The van der Waals surface area contributed by atoms with Crippen molar-refractivity contribution in [1.29, 1.82) is 0 Å². The van der Waals surface area contributed by atoms with E-state index in [1.807, 2.05) is 19.1 Å². The van der Waals surface area contributed by atoms with Crippen LogP contribution in [0.15, 0.2) is 18.2 Å². The molecule has 0 spiro atoms. The number of carbonyl (C=O) groups is 2. The number of rotatable bonds is 4. The predicted octanol–water partition coefficient (Wildman–Crippen LogP) is 3.48. The Morgan fingerprint density at radius 1 is 1.21 bits per heavy atom. The number of piperidine rings is 1. The van der Waals surface area contributed by atoms with E-state index in [4.69, 9.17) is 11.6 Å². The number of amides is 2. The number of hydrogen-bond donors (Lipinski definition) is 1. The highest BCUT2D eigenvalue weighted by Gasteiger charge is 2.29. The van der Waals surface area contributed by atoms with Crippen molar-refractivity contribution >= 4 is 50.7 Å². The molecule has 2 amide bonds. The number of aromatic nitrogens is 2. The van der Waals surface area contributed by atoms with Gasteiger partial charge in [0.05, 0.1) is 0 Å². The molecule has 0 atom stereocenters. The van der Waals surface area contributed by atoms with Crippen LogP contribution in [0.2, 0.25) is 5.02 Å². The summed E-state index contributed by atoms with van der Waals surface area (Å²) in [6.07, 6.45) is 2.97. The Morgan fingerprint density at radius 2 is 1.96 bits per heavy atom. The lowest BCUT2D eigenvalue weighted by atomic mass is 9.96. The summed E-state index contributed by atoms with van der Waals surface area (Å²) in [6, 6.07) is 5.50. The third-order valence-electron chi connectivity index (χ3n) is 5.30. The zero-order chi connectivity index (χ0) is 19.7. The Kier molecular flexibility index (Phi) is 5.50. The van der Waals surface area contributed by atoms with Gasteiger partial charge in [-0.3, -0.25) is 14.5 Å². The first-order chi connectivity index (χ1) is 13.5. The van der Waals surface area contributed by atoms with Crippen LogP contribution in [0.3, 0.4) is 0 Å². The van der Waals surface area contributed by atoms with Gasteiger partial charge in [0.1, 0.15) is 0 Å². The number of aryl methyl sites for hydroxylation is 1. The van der Waals surface area contributed by atoms with Gasteiger partial charge < -0.3 is 10.2 Å². The molecule has 1 aromatic heterocycles. The minimum atomic E-state index is -0.0396. The lowest BCUT2D eigenvalue weighted by Crippen LogP contribution is -2.38. The standard InChI is InChI=1S/C19H22ClN5O2S/c1-12-4-5-14(20)11-15(12)21-17(27)13-6-9-24(10-7-13)18-22-23-19(28-18)25-8-2-3-16(25)26/h4-5,11,13H,2-3,6-10H2,1H3,(H,21,27). The fourth-order valence-corrected chi connectivity index (χ4v) is 4.71. The van der Waals surface area contributed by atoms with Crippen LogP contribution in [-0.4, -0.2) is 41.6 Å². The molecule has 7 nitrogen and oxygen atoms in total. The summed E-state index contributed by atoms with van der Waals surface area (Å²) in [6.45, 7) is 4.16. The second kappa shape index (κ2) is 8.05. The van der Waals surface area contributed by atoms with Crippen LogP contribution < -0.4 is 15.1 Å². The van der Waals surface area contributed by atoms with Crippen molar-refractivity contribution in [1.82, 2.24) is 10.2 Å². The van der Waals surface area contributed by atoms with Crippen molar-refractivity contribution < 1.29 is 9.59 Å². The number of nitrogens with zero attached hydrogens (tertiary/aromatic N) is 4. The molecule has 0 unspecified atom stereocenters. The normalized spacial score (nSPS) is 18.0. The molecule has 2 aromatic rings. The Bertz CT molecular complexity index is 894. The first-order valence-electron chi connectivity index (χ1n) is 9.47. The molecule has 3 heterocycles. The summed E-state index contributed by atoms with van der Waals surface area (Å²) in [5.74, 6) is 0.113. The predicted molar refractivity (Wildman–Crippen MR) is 111 cm³/mol. The van der Waals surface area contributed by atoms with Crippen LogP contribution >= 0.6 is 22.9 Å². The minimum absolute atomic E-state index is 0.0330. The second-order valence-corrected chi connectivity index (χ2v) is 8.60. The molecule has 0 saturated carbocycles. The van der Waals surface area contributed by atoms with Gasteiger partial charge in [0, 0.05) is 42.7 Å². The number of anilines is 3. The van der Waals surface area contributed by atoms with Crippen molar-refractivity contribution in [3.05, 3.63) is 28.8 Å². The summed E-state index contributed by atoms with van der Waals surface area (Å²) < 4.78 is 0. The highest BCUT2D eigenvalue weighted by Crippen LogP contribution is 2.32. The van der Waals surface area contributed by atoms with Crippen molar-refractivity contribution in [3.63, 3.8) is 0 Å². The number of nitrogens with one attached hydrogen (secondary N) is 1. The van der Waals surface area contributed by atoms with Gasteiger partial charge in [0.15, 0.2) is 0 Å². The first kappa shape index (κ1) is 19.1. The van der Waals surface area contributed by atoms with Crippen molar-refractivity contribution in [2.75, 3.05) is 34.8 Å². The summed E-state index contributed by atoms with van der Waals surface area (Å²) in [7, 11) is 0. The van der Waals surface area contributed by atoms with E-state index in [0.717, 1.165) is 55.3 Å². The largest absolute Gasteiger partial charge is 0.347 e. The topological polar surface area (TPSA) is 78.4 Å². The zero-order valence-electron chi connectivity index (χ0n) is 15.7. The first-order valence-corrected chi connectivity index (χ1v) is 10.7. The minimum Gasteiger partial charge on any atom is -0.347 e. The summed E-state index contributed by atoms with van der Waals surface area (Å²) in [5.41, 5.74) is 1.76. The number of halogens is 1. The maximum atomic E-state index is 12.6. The van der Waals surface area contributed by atoms with Crippen molar-refractivity contribution in [3.8, 4) is 0 Å². The smallest absolute Gasteiger partial charge is 0.228 e. The molecule has 148 valence electrons. The van der Waals surface area contributed by atoms with E-state index in [0.29, 0.717) is 16.6 Å². The zero-order valence-corrected chi connectivity index (χ0v) is 17.2. The Labute approximate surface area is 172 Å². The van der Waals surface area contributed by atoms with Gasteiger partial charge in [-0.25, -0.2) is 0 Å². The Balaban J connectivity index is 1.34. The van der Waals surface area contributed by atoms with E-state index in [1.54, 1.807) is 11.0 Å². The van der Waals surface area contributed by atoms with Gasteiger partial charge in [-0.05, 0) is 43.9 Å². The van der Waals surface area contributed by atoms with Gasteiger partial charge >= 0.3 is 0 Å².